The Labute approximate surface area is 216 Å². The highest BCUT2D eigenvalue weighted by molar-refractivity contribution is 5.97. The smallest absolute Gasteiger partial charge is 0.306 e. The first-order chi connectivity index (χ1) is 18.0. The summed E-state index contributed by atoms with van der Waals surface area (Å²) in [6.45, 7) is 0.261. The average Bonchev–Trinajstić information content (AvgIpc) is 3.60. The van der Waals surface area contributed by atoms with Gasteiger partial charge in [-0.3, -0.25) is 14.4 Å². The molecule has 0 aromatic heterocycles. The van der Waals surface area contributed by atoms with E-state index in [4.69, 9.17) is 4.74 Å². The second kappa shape index (κ2) is 11.2. The molecule has 8 nitrogen and oxygen atoms in total. The van der Waals surface area contributed by atoms with Gasteiger partial charge in [0, 0.05) is 11.6 Å². The summed E-state index contributed by atoms with van der Waals surface area (Å²) in [5, 5.41) is 18.3. The van der Waals surface area contributed by atoms with Crippen molar-refractivity contribution in [2.75, 3.05) is 6.61 Å². The van der Waals surface area contributed by atoms with Gasteiger partial charge in [0.05, 0.1) is 18.4 Å². The van der Waals surface area contributed by atoms with Crippen LogP contribution in [0.2, 0.25) is 0 Å². The Hall–Kier alpha value is -3.68. The van der Waals surface area contributed by atoms with E-state index in [9.17, 15) is 19.5 Å². The predicted molar refractivity (Wildman–Crippen MR) is 138 cm³/mol. The van der Waals surface area contributed by atoms with Crippen molar-refractivity contribution in [3.8, 4) is 0 Å². The third-order valence-corrected chi connectivity index (χ3v) is 7.81. The zero-order valence-electron chi connectivity index (χ0n) is 20.8. The fourth-order valence-corrected chi connectivity index (χ4v) is 5.80. The molecule has 2 fully saturated rings. The number of carbonyl (C=O) groups is 3. The molecule has 194 valence electrons. The van der Waals surface area contributed by atoms with E-state index in [1.807, 2.05) is 54.6 Å². The minimum absolute atomic E-state index is 0.00357. The first kappa shape index (κ1) is 25.0. The fraction of sp³-hybridized carbons (Fsp3) is 0.448. The number of nitrogens with one attached hydrogen (secondary N) is 1. The lowest BCUT2D eigenvalue weighted by atomic mass is 9.83. The number of benzene rings is 2. The molecule has 2 saturated carbocycles. The van der Waals surface area contributed by atoms with Crippen LogP contribution in [0.4, 0.5) is 0 Å². The molecule has 2 amide bonds. The number of ether oxygens (including phenoxy) is 1. The molecule has 0 radical (unpaired) electrons. The summed E-state index contributed by atoms with van der Waals surface area (Å²) in [5.74, 6) is -0.915. The van der Waals surface area contributed by atoms with Gasteiger partial charge in [0.2, 0.25) is 11.8 Å². The highest BCUT2D eigenvalue weighted by Gasteiger charge is 2.36. The summed E-state index contributed by atoms with van der Waals surface area (Å²) >= 11 is 0. The van der Waals surface area contributed by atoms with Crippen LogP contribution in [0.5, 0.6) is 0 Å². The summed E-state index contributed by atoms with van der Waals surface area (Å²) in [5.41, 5.74) is 2.70. The third kappa shape index (κ3) is 5.84. The molecule has 3 unspecified atom stereocenters. The quantitative estimate of drug-likeness (QED) is 0.565. The van der Waals surface area contributed by atoms with E-state index in [1.54, 1.807) is 0 Å². The lowest BCUT2D eigenvalue weighted by Gasteiger charge is -2.26. The first-order valence-corrected chi connectivity index (χ1v) is 13.2. The highest BCUT2D eigenvalue weighted by atomic mass is 16.5. The molecule has 3 aliphatic rings. The Kier molecular flexibility index (Phi) is 7.53. The Balaban J connectivity index is 1.29. The number of aliphatic carboxylic acids is 1. The van der Waals surface area contributed by atoms with Crippen molar-refractivity contribution >= 4 is 23.7 Å². The Bertz CT molecular complexity index is 1160. The predicted octanol–water partition coefficient (Wildman–Crippen LogP) is 4.05. The Morgan fingerprint density at radius 1 is 1.03 bits per heavy atom. The van der Waals surface area contributed by atoms with Crippen LogP contribution in [-0.2, 0) is 25.7 Å². The molecule has 0 bridgehead atoms. The molecule has 2 aromatic carbocycles. The molecule has 1 heterocycles. The van der Waals surface area contributed by atoms with E-state index in [1.165, 1.54) is 5.01 Å². The highest BCUT2D eigenvalue weighted by Crippen LogP contribution is 2.38. The molecule has 0 saturated heterocycles. The molecular weight excluding hydrogens is 470 g/mol. The van der Waals surface area contributed by atoms with Gasteiger partial charge in [-0.1, -0.05) is 55.3 Å². The van der Waals surface area contributed by atoms with Crippen molar-refractivity contribution in [2.45, 2.75) is 63.5 Å². The molecule has 2 aromatic rings. The zero-order valence-corrected chi connectivity index (χ0v) is 20.8. The molecule has 0 spiro atoms. The van der Waals surface area contributed by atoms with Crippen LogP contribution in [-0.4, -0.2) is 46.4 Å². The molecular formula is C29H33N3O5. The molecule has 5 rings (SSSR count). The van der Waals surface area contributed by atoms with Gasteiger partial charge in [0.1, 0.15) is 0 Å². The van der Waals surface area contributed by atoms with E-state index in [2.05, 4.69) is 10.4 Å². The van der Waals surface area contributed by atoms with Gasteiger partial charge in [-0.05, 0) is 61.3 Å². The number of carboxylic acid groups (broad SMARTS) is 1. The second-order valence-corrected chi connectivity index (χ2v) is 10.3. The van der Waals surface area contributed by atoms with Crippen LogP contribution in [0, 0.1) is 11.8 Å². The number of carboxylic acids is 1. The van der Waals surface area contributed by atoms with Gasteiger partial charge in [-0.2, -0.15) is 0 Å². The van der Waals surface area contributed by atoms with Crippen LogP contribution in [0.25, 0.3) is 0 Å². The van der Waals surface area contributed by atoms with Crippen molar-refractivity contribution in [1.82, 2.24) is 10.3 Å². The average molecular weight is 504 g/mol. The lowest BCUT2D eigenvalue weighted by molar-refractivity contribution is -0.141. The first-order valence-electron chi connectivity index (χ1n) is 13.2. The standard InChI is InChI=1S/C29H33N3O5/c33-25-18-37-28(22-8-2-1-3-9-22)31-32(25)17-19-10-12-21(13-11-19)26(20-6-4-5-7-20)27(34)30-24-15-14-23(16-24)29(35)36/h1-3,8-13,20,23-24,26H,4-7,14-18H2,(H,30,34)(H,35,36). The monoisotopic (exact) mass is 503 g/mol. The van der Waals surface area contributed by atoms with Gasteiger partial charge in [0.15, 0.2) is 6.61 Å². The molecule has 2 N–H and O–H groups in total. The van der Waals surface area contributed by atoms with Gasteiger partial charge in [-0.25, -0.2) is 5.01 Å². The van der Waals surface area contributed by atoms with Crippen molar-refractivity contribution in [2.24, 2.45) is 16.9 Å². The summed E-state index contributed by atoms with van der Waals surface area (Å²) < 4.78 is 5.53. The van der Waals surface area contributed by atoms with E-state index in [0.29, 0.717) is 31.7 Å². The molecule has 2 aliphatic carbocycles. The summed E-state index contributed by atoms with van der Waals surface area (Å²) in [4.78, 5) is 37.2. The van der Waals surface area contributed by atoms with Crippen molar-refractivity contribution in [1.29, 1.82) is 0 Å². The molecule has 3 atom stereocenters. The Morgan fingerprint density at radius 3 is 2.43 bits per heavy atom. The van der Waals surface area contributed by atoms with Crippen LogP contribution >= 0.6 is 0 Å². The van der Waals surface area contributed by atoms with Crippen molar-refractivity contribution in [3.63, 3.8) is 0 Å². The topological polar surface area (TPSA) is 108 Å². The number of hydrogen-bond donors (Lipinski definition) is 2. The van der Waals surface area contributed by atoms with Crippen molar-refractivity contribution < 1.29 is 24.2 Å². The van der Waals surface area contributed by atoms with Gasteiger partial charge < -0.3 is 15.2 Å². The largest absolute Gasteiger partial charge is 0.481 e. The normalized spacial score (nSPS) is 22.9. The van der Waals surface area contributed by atoms with Crippen molar-refractivity contribution in [3.05, 3.63) is 71.3 Å². The van der Waals surface area contributed by atoms with E-state index < -0.39 is 5.97 Å². The van der Waals surface area contributed by atoms with Gasteiger partial charge in [0.25, 0.3) is 5.91 Å². The SMILES string of the molecule is O=C(O)C1CCC(NC(=O)C(c2ccc(CN3N=C(c4ccccc4)OCC3=O)cc2)C2CCCC2)C1. The van der Waals surface area contributed by atoms with Crippen LogP contribution in [0.15, 0.2) is 59.7 Å². The maximum Gasteiger partial charge on any atom is 0.306 e. The van der Waals surface area contributed by atoms with Gasteiger partial charge >= 0.3 is 5.97 Å². The Morgan fingerprint density at radius 2 is 1.76 bits per heavy atom. The summed E-state index contributed by atoms with van der Waals surface area (Å²) in [6.07, 6.45) is 6.09. The van der Waals surface area contributed by atoms with E-state index >= 15 is 0 Å². The van der Waals surface area contributed by atoms with Crippen LogP contribution < -0.4 is 5.32 Å². The number of nitrogens with zero attached hydrogens (tertiary/aromatic N) is 2. The third-order valence-electron chi connectivity index (χ3n) is 7.81. The van der Waals surface area contributed by atoms with E-state index in [-0.39, 0.29) is 42.2 Å². The number of hydrazone groups is 1. The zero-order chi connectivity index (χ0) is 25.8. The maximum atomic E-state index is 13.4. The number of amides is 2. The second-order valence-electron chi connectivity index (χ2n) is 10.3. The fourth-order valence-electron chi connectivity index (χ4n) is 5.80. The minimum atomic E-state index is -0.779. The molecule has 8 heteroatoms. The maximum absolute atomic E-state index is 13.4. The number of rotatable bonds is 8. The number of hydrogen-bond acceptors (Lipinski definition) is 5. The number of carbonyl (C=O) groups excluding carboxylic acids is 2. The van der Waals surface area contributed by atoms with Crippen LogP contribution in [0.1, 0.15) is 67.6 Å². The van der Waals surface area contributed by atoms with Crippen LogP contribution in [0.3, 0.4) is 0 Å². The van der Waals surface area contributed by atoms with Gasteiger partial charge in [-0.15, -0.1) is 5.10 Å². The summed E-state index contributed by atoms with van der Waals surface area (Å²) in [7, 11) is 0. The lowest BCUT2D eigenvalue weighted by Crippen LogP contribution is -2.39. The van der Waals surface area contributed by atoms with E-state index in [0.717, 1.165) is 42.4 Å². The molecule has 37 heavy (non-hydrogen) atoms. The summed E-state index contributed by atoms with van der Waals surface area (Å²) in [6, 6.07) is 17.3. The minimum Gasteiger partial charge on any atom is -0.481 e. The molecule has 1 aliphatic heterocycles.